The molecule has 2 aliphatic heterocycles. The molecule has 0 aromatic carbocycles. The van der Waals surface area contributed by atoms with Gasteiger partial charge in [0.2, 0.25) is 0 Å². The fourth-order valence-electron chi connectivity index (χ4n) is 3.75. The lowest BCUT2D eigenvalue weighted by molar-refractivity contribution is -0.145. The Bertz CT molecular complexity index is 361. The van der Waals surface area contributed by atoms with Crippen LogP contribution in [-0.4, -0.2) is 71.2 Å². The Labute approximate surface area is 128 Å². The lowest BCUT2D eigenvalue weighted by Gasteiger charge is -2.32. The van der Waals surface area contributed by atoms with E-state index in [1.165, 1.54) is 32.4 Å². The summed E-state index contributed by atoms with van der Waals surface area (Å²) in [5, 5.41) is 12.7. The van der Waals surface area contributed by atoms with E-state index in [2.05, 4.69) is 15.1 Å². The van der Waals surface area contributed by atoms with Crippen LogP contribution in [0.5, 0.6) is 0 Å². The molecular weight excluding hydrogens is 266 g/mol. The second kappa shape index (κ2) is 7.07. The zero-order valence-corrected chi connectivity index (χ0v) is 13.8. The minimum atomic E-state index is -0.824. The number of nitrogens with zero attached hydrogens (tertiary/aromatic N) is 2. The maximum absolute atomic E-state index is 11.6. The van der Waals surface area contributed by atoms with Crippen LogP contribution in [0, 0.1) is 0 Å². The number of carboxylic acids is 1. The largest absolute Gasteiger partial charge is 0.480 e. The van der Waals surface area contributed by atoms with E-state index >= 15 is 0 Å². The van der Waals surface area contributed by atoms with Crippen LogP contribution >= 0.6 is 0 Å². The molecule has 2 heterocycles. The molecule has 2 aliphatic rings. The summed E-state index contributed by atoms with van der Waals surface area (Å²) >= 11 is 0. The van der Waals surface area contributed by atoms with Gasteiger partial charge < -0.3 is 10.0 Å². The fraction of sp³-hybridized carbons (Fsp3) is 0.938. The standard InChI is InChI=1S/C16H31N3O2/c1-13(2)17-16(3,15(20)21)7-11-18-8-5-10-19-9-4-6-14(19)12-18/h13-14,17H,4-12H2,1-3H3,(H,20,21). The molecule has 2 rings (SSSR count). The Kier molecular flexibility index (Phi) is 5.63. The molecule has 0 radical (unpaired) electrons. The van der Waals surface area contributed by atoms with Crippen LogP contribution in [0.2, 0.25) is 0 Å². The minimum absolute atomic E-state index is 0.181. The fourth-order valence-corrected chi connectivity index (χ4v) is 3.75. The molecule has 5 nitrogen and oxygen atoms in total. The molecule has 2 saturated heterocycles. The first-order valence-electron chi connectivity index (χ1n) is 8.38. The van der Waals surface area contributed by atoms with Gasteiger partial charge in [0.25, 0.3) is 0 Å². The number of hydrogen-bond donors (Lipinski definition) is 2. The van der Waals surface area contributed by atoms with Gasteiger partial charge in [-0.3, -0.25) is 15.0 Å². The molecule has 2 atom stereocenters. The van der Waals surface area contributed by atoms with Crippen LogP contribution in [0.25, 0.3) is 0 Å². The number of carboxylic acid groups (broad SMARTS) is 1. The van der Waals surface area contributed by atoms with Crippen molar-refractivity contribution in [1.82, 2.24) is 15.1 Å². The molecule has 122 valence electrons. The molecule has 0 aromatic heterocycles. The first-order valence-corrected chi connectivity index (χ1v) is 8.38. The third-order valence-corrected chi connectivity index (χ3v) is 4.89. The van der Waals surface area contributed by atoms with Crippen LogP contribution in [-0.2, 0) is 4.79 Å². The summed E-state index contributed by atoms with van der Waals surface area (Å²) in [6, 6.07) is 0.877. The van der Waals surface area contributed by atoms with Gasteiger partial charge in [-0.15, -0.1) is 0 Å². The predicted octanol–water partition coefficient (Wildman–Crippen LogP) is 1.39. The lowest BCUT2D eigenvalue weighted by atomic mass is 9.96. The quantitative estimate of drug-likeness (QED) is 0.776. The highest BCUT2D eigenvalue weighted by molar-refractivity contribution is 5.78. The second-order valence-corrected chi connectivity index (χ2v) is 7.17. The zero-order valence-electron chi connectivity index (χ0n) is 13.8. The molecule has 0 spiro atoms. The molecule has 0 bridgehead atoms. The summed E-state index contributed by atoms with van der Waals surface area (Å²) in [5.74, 6) is -0.742. The van der Waals surface area contributed by atoms with Crippen LogP contribution in [0.4, 0.5) is 0 Å². The molecule has 2 fully saturated rings. The molecule has 21 heavy (non-hydrogen) atoms. The SMILES string of the molecule is CC(C)NC(C)(CCN1CCCN2CCCC2C1)C(=O)O. The Balaban J connectivity index is 1.89. The van der Waals surface area contributed by atoms with E-state index in [4.69, 9.17) is 0 Å². The maximum Gasteiger partial charge on any atom is 0.323 e. The van der Waals surface area contributed by atoms with Crippen molar-refractivity contribution in [3.8, 4) is 0 Å². The van der Waals surface area contributed by atoms with Crippen LogP contribution in [0.15, 0.2) is 0 Å². The van der Waals surface area contributed by atoms with Crippen molar-refractivity contribution in [2.24, 2.45) is 0 Å². The number of fused-ring (bicyclic) bond motifs is 1. The van der Waals surface area contributed by atoms with Gasteiger partial charge in [-0.1, -0.05) is 0 Å². The van der Waals surface area contributed by atoms with Gasteiger partial charge in [-0.25, -0.2) is 0 Å². The average Bonchev–Trinajstić information content (AvgIpc) is 2.73. The van der Waals surface area contributed by atoms with Crippen molar-refractivity contribution in [2.75, 3.05) is 32.7 Å². The van der Waals surface area contributed by atoms with Crippen LogP contribution in [0.3, 0.4) is 0 Å². The number of aliphatic carboxylic acids is 1. The van der Waals surface area contributed by atoms with Crippen molar-refractivity contribution in [1.29, 1.82) is 0 Å². The molecule has 5 heteroatoms. The highest BCUT2D eigenvalue weighted by atomic mass is 16.4. The van der Waals surface area contributed by atoms with Gasteiger partial charge in [-0.05, 0) is 66.1 Å². The molecule has 0 aromatic rings. The molecule has 2 N–H and O–H groups in total. The van der Waals surface area contributed by atoms with E-state index in [9.17, 15) is 9.90 Å². The highest BCUT2D eigenvalue weighted by Crippen LogP contribution is 2.22. The summed E-state index contributed by atoms with van der Waals surface area (Å²) in [5.41, 5.74) is -0.824. The molecular formula is C16H31N3O2. The molecule has 0 saturated carbocycles. The summed E-state index contributed by atoms with van der Waals surface area (Å²) in [4.78, 5) is 16.7. The second-order valence-electron chi connectivity index (χ2n) is 7.17. The Hall–Kier alpha value is -0.650. The van der Waals surface area contributed by atoms with E-state index in [-0.39, 0.29) is 6.04 Å². The lowest BCUT2D eigenvalue weighted by Crippen LogP contribution is -2.54. The van der Waals surface area contributed by atoms with E-state index in [0.29, 0.717) is 12.5 Å². The highest BCUT2D eigenvalue weighted by Gasteiger charge is 2.35. The van der Waals surface area contributed by atoms with Crippen molar-refractivity contribution >= 4 is 5.97 Å². The van der Waals surface area contributed by atoms with Crippen molar-refractivity contribution in [3.05, 3.63) is 0 Å². The van der Waals surface area contributed by atoms with E-state index in [1.807, 2.05) is 20.8 Å². The van der Waals surface area contributed by atoms with E-state index in [0.717, 1.165) is 19.6 Å². The molecule has 2 unspecified atom stereocenters. The number of hydrogen-bond acceptors (Lipinski definition) is 4. The first-order chi connectivity index (χ1) is 9.90. The normalized spacial score (nSPS) is 27.3. The summed E-state index contributed by atoms with van der Waals surface area (Å²) < 4.78 is 0. The number of rotatable bonds is 6. The van der Waals surface area contributed by atoms with Crippen molar-refractivity contribution in [3.63, 3.8) is 0 Å². The maximum atomic E-state index is 11.6. The van der Waals surface area contributed by atoms with E-state index < -0.39 is 11.5 Å². The van der Waals surface area contributed by atoms with Crippen molar-refractivity contribution < 1.29 is 9.90 Å². The average molecular weight is 297 g/mol. The third-order valence-electron chi connectivity index (χ3n) is 4.89. The van der Waals surface area contributed by atoms with Gasteiger partial charge in [0.05, 0.1) is 0 Å². The zero-order chi connectivity index (χ0) is 15.5. The molecule has 0 amide bonds. The first kappa shape index (κ1) is 16.7. The summed E-state index contributed by atoms with van der Waals surface area (Å²) in [6.45, 7) is 11.4. The van der Waals surface area contributed by atoms with Gasteiger partial charge in [0, 0.05) is 25.2 Å². The Morgan fingerprint density at radius 2 is 2.05 bits per heavy atom. The predicted molar refractivity (Wildman–Crippen MR) is 84.6 cm³/mol. The van der Waals surface area contributed by atoms with Crippen LogP contribution in [0.1, 0.15) is 46.5 Å². The minimum Gasteiger partial charge on any atom is -0.480 e. The van der Waals surface area contributed by atoms with Gasteiger partial charge >= 0.3 is 5.97 Å². The van der Waals surface area contributed by atoms with Crippen molar-refractivity contribution in [2.45, 2.75) is 64.1 Å². The smallest absolute Gasteiger partial charge is 0.323 e. The van der Waals surface area contributed by atoms with Gasteiger partial charge in [0.1, 0.15) is 5.54 Å². The molecule has 0 aliphatic carbocycles. The van der Waals surface area contributed by atoms with Gasteiger partial charge in [-0.2, -0.15) is 0 Å². The third kappa shape index (κ3) is 4.41. The number of nitrogens with one attached hydrogen (secondary N) is 1. The van der Waals surface area contributed by atoms with Gasteiger partial charge in [0.15, 0.2) is 0 Å². The summed E-state index contributed by atoms with van der Waals surface area (Å²) in [7, 11) is 0. The van der Waals surface area contributed by atoms with Crippen LogP contribution < -0.4 is 5.32 Å². The Morgan fingerprint density at radius 3 is 2.71 bits per heavy atom. The van der Waals surface area contributed by atoms with E-state index in [1.54, 1.807) is 0 Å². The Morgan fingerprint density at radius 1 is 1.33 bits per heavy atom. The number of carbonyl (C=O) groups is 1. The monoisotopic (exact) mass is 297 g/mol. The summed E-state index contributed by atoms with van der Waals surface area (Å²) in [6.07, 6.45) is 4.49. The topological polar surface area (TPSA) is 55.8 Å².